The van der Waals surface area contributed by atoms with Crippen molar-refractivity contribution in [3.8, 4) is 0 Å². The van der Waals surface area contributed by atoms with E-state index in [0.717, 1.165) is 25.7 Å². The number of rotatable bonds is 11. The summed E-state index contributed by atoms with van der Waals surface area (Å²) >= 11 is 0. The first kappa shape index (κ1) is 19.2. The third-order valence-corrected chi connectivity index (χ3v) is 3.99. The Balaban J connectivity index is 2.49. The minimum absolute atomic E-state index is 0.00748. The molecular weight excluding hydrogens is 292 g/mol. The Labute approximate surface area is 138 Å². The SMILES string of the molecule is CCCCCCCC[C@H](CC)OC(=O)c1ccccc1C(=O)O. The number of carbonyl (C=O) groups is 2. The molecule has 4 nitrogen and oxygen atoms in total. The number of aromatic carboxylic acids is 1. The van der Waals surface area contributed by atoms with Crippen LogP contribution in [-0.2, 0) is 4.74 Å². The fourth-order valence-corrected chi connectivity index (χ4v) is 2.56. The highest BCUT2D eigenvalue weighted by molar-refractivity contribution is 6.02. The van der Waals surface area contributed by atoms with Gasteiger partial charge in [-0.1, -0.05) is 58.1 Å². The van der Waals surface area contributed by atoms with Crippen LogP contribution in [-0.4, -0.2) is 23.1 Å². The summed E-state index contributed by atoms with van der Waals surface area (Å²) in [6, 6.07) is 6.18. The van der Waals surface area contributed by atoms with E-state index in [0.29, 0.717) is 0 Å². The molecule has 1 aromatic carbocycles. The van der Waals surface area contributed by atoms with Crippen LogP contribution in [0.25, 0.3) is 0 Å². The zero-order chi connectivity index (χ0) is 17.1. The van der Waals surface area contributed by atoms with Gasteiger partial charge in [0.05, 0.1) is 11.1 Å². The van der Waals surface area contributed by atoms with E-state index in [1.807, 2.05) is 6.92 Å². The third kappa shape index (κ3) is 6.85. The smallest absolute Gasteiger partial charge is 0.339 e. The molecule has 0 amide bonds. The molecule has 0 aromatic heterocycles. The summed E-state index contributed by atoms with van der Waals surface area (Å²) in [6.45, 7) is 4.18. The Hall–Kier alpha value is -1.84. The van der Waals surface area contributed by atoms with Crippen molar-refractivity contribution in [3.05, 3.63) is 35.4 Å². The van der Waals surface area contributed by atoms with E-state index in [1.54, 1.807) is 12.1 Å². The molecule has 128 valence electrons. The van der Waals surface area contributed by atoms with Crippen molar-refractivity contribution in [1.29, 1.82) is 0 Å². The molecule has 4 heteroatoms. The summed E-state index contributed by atoms with van der Waals surface area (Å²) in [5.41, 5.74) is 0.119. The normalized spacial score (nSPS) is 11.9. The molecule has 1 rings (SSSR count). The van der Waals surface area contributed by atoms with Gasteiger partial charge in [-0.15, -0.1) is 0 Å². The van der Waals surface area contributed by atoms with Crippen molar-refractivity contribution < 1.29 is 19.4 Å². The maximum absolute atomic E-state index is 12.2. The van der Waals surface area contributed by atoms with E-state index in [-0.39, 0.29) is 17.2 Å². The molecule has 0 saturated carbocycles. The molecule has 0 unspecified atom stereocenters. The molecule has 0 aliphatic rings. The van der Waals surface area contributed by atoms with Crippen LogP contribution >= 0.6 is 0 Å². The second-order valence-electron chi connectivity index (χ2n) is 5.84. The van der Waals surface area contributed by atoms with Gasteiger partial charge in [0.1, 0.15) is 6.10 Å². The number of carboxylic acids is 1. The van der Waals surface area contributed by atoms with E-state index in [1.165, 1.54) is 37.8 Å². The molecule has 1 N–H and O–H groups in total. The lowest BCUT2D eigenvalue weighted by atomic mass is 10.1. The Bertz CT molecular complexity index is 496. The van der Waals surface area contributed by atoms with Crippen molar-refractivity contribution in [2.24, 2.45) is 0 Å². The van der Waals surface area contributed by atoms with E-state index in [2.05, 4.69) is 6.92 Å². The minimum atomic E-state index is -1.11. The van der Waals surface area contributed by atoms with Gasteiger partial charge in [-0.25, -0.2) is 9.59 Å². The van der Waals surface area contributed by atoms with Crippen molar-refractivity contribution >= 4 is 11.9 Å². The number of esters is 1. The molecule has 23 heavy (non-hydrogen) atoms. The van der Waals surface area contributed by atoms with Crippen LogP contribution in [0.2, 0.25) is 0 Å². The highest BCUT2D eigenvalue weighted by Gasteiger charge is 2.20. The van der Waals surface area contributed by atoms with Crippen molar-refractivity contribution in [3.63, 3.8) is 0 Å². The van der Waals surface area contributed by atoms with Crippen molar-refractivity contribution in [2.75, 3.05) is 0 Å². The number of carbonyl (C=O) groups excluding carboxylic acids is 1. The highest BCUT2D eigenvalue weighted by atomic mass is 16.5. The minimum Gasteiger partial charge on any atom is -0.478 e. The standard InChI is InChI=1S/C19H28O4/c1-3-5-6-7-8-9-12-15(4-2)23-19(22)17-14-11-10-13-16(17)18(20)21/h10-11,13-15H,3-9,12H2,1-2H3,(H,20,21)/t15-/m0/s1. The summed E-state index contributed by atoms with van der Waals surface area (Å²) in [5, 5.41) is 9.14. The lowest BCUT2D eigenvalue weighted by Crippen LogP contribution is -2.19. The first-order valence-electron chi connectivity index (χ1n) is 8.63. The maximum atomic E-state index is 12.2. The Morgan fingerprint density at radius 3 is 2.22 bits per heavy atom. The molecule has 0 fully saturated rings. The molecule has 0 bridgehead atoms. The average Bonchev–Trinajstić information content (AvgIpc) is 2.56. The predicted octanol–water partition coefficient (Wildman–Crippen LogP) is 5.07. The van der Waals surface area contributed by atoms with Crippen LogP contribution in [0, 0.1) is 0 Å². The lowest BCUT2D eigenvalue weighted by Gasteiger charge is -2.17. The molecule has 1 aromatic rings. The molecule has 0 radical (unpaired) electrons. The van der Waals surface area contributed by atoms with Gasteiger partial charge in [0.25, 0.3) is 0 Å². The number of ether oxygens (including phenoxy) is 1. The van der Waals surface area contributed by atoms with E-state index >= 15 is 0 Å². The quantitative estimate of drug-likeness (QED) is 0.456. The average molecular weight is 320 g/mol. The molecule has 0 aliphatic heterocycles. The van der Waals surface area contributed by atoms with Gasteiger partial charge in [-0.2, -0.15) is 0 Å². The summed E-state index contributed by atoms with van der Waals surface area (Å²) in [6.07, 6.45) is 8.63. The number of benzene rings is 1. The topological polar surface area (TPSA) is 63.6 Å². The molecule has 0 heterocycles. The molecule has 0 spiro atoms. The fraction of sp³-hybridized carbons (Fsp3) is 0.579. The van der Waals surface area contributed by atoms with Crippen LogP contribution < -0.4 is 0 Å². The zero-order valence-corrected chi connectivity index (χ0v) is 14.2. The van der Waals surface area contributed by atoms with Gasteiger partial charge < -0.3 is 9.84 Å². The first-order chi connectivity index (χ1) is 11.1. The van der Waals surface area contributed by atoms with Crippen LogP contribution in [0.15, 0.2) is 24.3 Å². The van der Waals surface area contributed by atoms with E-state index < -0.39 is 11.9 Å². The largest absolute Gasteiger partial charge is 0.478 e. The van der Waals surface area contributed by atoms with Crippen LogP contribution in [0.4, 0.5) is 0 Å². The highest BCUT2D eigenvalue weighted by Crippen LogP contribution is 2.16. The number of hydrogen-bond donors (Lipinski definition) is 1. The van der Waals surface area contributed by atoms with Gasteiger partial charge in [0.15, 0.2) is 0 Å². The predicted molar refractivity (Wildman–Crippen MR) is 90.9 cm³/mol. The number of unbranched alkanes of at least 4 members (excludes halogenated alkanes) is 5. The fourth-order valence-electron chi connectivity index (χ4n) is 2.56. The van der Waals surface area contributed by atoms with Gasteiger partial charge >= 0.3 is 11.9 Å². The van der Waals surface area contributed by atoms with Gasteiger partial charge in [-0.3, -0.25) is 0 Å². The van der Waals surface area contributed by atoms with Crippen molar-refractivity contribution in [1.82, 2.24) is 0 Å². The molecule has 0 aliphatic carbocycles. The van der Waals surface area contributed by atoms with Crippen molar-refractivity contribution in [2.45, 2.75) is 71.3 Å². The monoisotopic (exact) mass is 320 g/mol. The second-order valence-corrected chi connectivity index (χ2v) is 5.84. The van der Waals surface area contributed by atoms with Crippen LogP contribution in [0.5, 0.6) is 0 Å². The van der Waals surface area contributed by atoms with E-state index in [4.69, 9.17) is 9.84 Å². The molecule has 0 saturated heterocycles. The molecular formula is C19H28O4. The maximum Gasteiger partial charge on any atom is 0.339 e. The lowest BCUT2D eigenvalue weighted by molar-refractivity contribution is 0.0262. The first-order valence-corrected chi connectivity index (χ1v) is 8.63. The Kier molecular flexibility index (Phi) is 9.03. The second kappa shape index (κ2) is 10.8. The summed E-state index contributed by atoms with van der Waals surface area (Å²) < 4.78 is 5.50. The zero-order valence-electron chi connectivity index (χ0n) is 14.2. The third-order valence-electron chi connectivity index (χ3n) is 3.99. The van der Waals surface area contributed by atoms with Gasteiger partial charge in [0, 0.05) is 0 Å². The van der Waals surface area contributed by atoms with E-state index in [9.17, 15) is 9.59 Å². The van der Waals surface area contributed by atoms with Gasteiger partial charge in [0.2, 0.25) is 0 Å². The van der Waals surface area contributed by atoms with Crippen LogP contribution in [0.3, 0.4) is 0 Å². The number of carboxylic acid groups (broad SMARTS) is 1. The summed E-state index contributed by atoms with van der Waals surface area (Å²) in [7, 11) is 0. The summed E-state index contributed by atoms with van der Waals surface area (Å²) in [5.74, 6) is -1.65. The summed E-state index contributed by atoms with van der Waals surface area (Å²) in [4.78, 5) is 23.4. The van der Waals surface area contributed by atoms with Gasteiger partial charge in [-0.05, 0) is 31.4 Å². The Morgan fingerprint density at radius 2 is 1.61 bits per heavy atom. The number of hydrogen-bond acceptors (Lipinski definition) is 3. The van der Waals surface area contributed by atoms with Crippen LogP contribution in [0.1, 0.15) is 85.9 Å². The Morgan fingerprint density at radius 1 is 1.00 bits per heavy atom. The molecule has 1 atom stereocenters.